The summed E-state index contributed by atoms with van der Waals surface area (Å²) in [5.74, 6) is 0. The molecule has 1 N–H and O–H groups in total. The molecule has 0 radical (unpaired) electrons. The monoisotopic (exact) mass is 345 g/mol. The highest BCUT2D eigenvalue weighted by Gasteiger charge is 2.16. The number of sulfonamides is 1. The van der Waals surface area contributed by atoms with E-state index in [1.807, 2.05) is 13.0 Å². The number of nitrogens with one attached hydrogen (secondary N) is 1. The van der Waals surface area contributed by atoms with E-state index >= 15 is 0 Å². The lowest BCUT2D eigenvalue weighted by atomic mass is 10.3. The molecule has 0 amide bonds. The fourth-order valence-corrected chi connectivity index (χ4v) is 4.03. The quantitative estimate of drug-likeness (QED) is 0.913. The number of hydrogen-bond acceptors (Lipinski definition) is 3. The van der Waals surface area contributed by atoms with Gasteiger partial charge in [0.1, 0.15) is 4.21 Å². The van der Waals surface area contributed by atoms with Crippen LogP contribution in [0.2, 0.25) is 0 Å². The van der Waals surface area contributed by atoms with E-state index in [2.05, 4.69) is 20.7 Å². The van der Waals surface area contributed by atoms with E-state index in [0.29, 0.717) is 9.90 Å². The fourth-order valence-electron chi connectivity index (χ4n) is 1.42. The molecule has 0 unspecified atom stereocenters. The van der Waals surface area contributed by atoms with E-state index in [0.717, 1.165) is 15.8 Å². The van der Waals surface area contributed by atoms with E-state index in [9.17, 15) is 8.42 Å². The molecule has 1 aromatic heterocycles. The number of thiophene rings is 1. The first-order valence-electron chi connectivity index (χ1n) is 5.38. The van der Waals surface area contributed by atoms with Crippen molar-refractivity contribution >= 4 is 43.0 Å². The van der Waals surface area contributed by atoms with Crippen LogP contribution in [0.4, 0.5) is 5.69 Å². The predicted molar refractivity (Wildman–Crippen MR) is 78.6 cm³/mol. The normalized spacial score (nSPS) is 11.4. The SMILES string of the molecule is CCc1ccc(S(=O)(=O)Nc2ccc(Br)cc2)s1. The number of halogens is 1. The van der Waals surface area contributed by atoms with Crippen molar-refractivity contribution in [2.75, 3.05) is 4.72 Å². The van der Waals surface area contributed by atoms with E-state index in [-0.39, 0.29) is 0 Å². The van der Waals surface area contributed by atoms with Crippen LogP contribution >= 0.6 is 27.3 Å². The first-order chi connectivity index (χ1) is 8.51. The molecule has 0 aliphatic carbocycles. The van der Waals surface area contributed by atoms with Crippen LogP contribution < -0.4 is 4.72 Å². The molecular formula is C12H12BrNO2S2. The van der Waals surface area contributed by atoms with Gasteiger partial charge in [-0.1, -0.05) is 22.9 Å². The van der Waals surface area contributed by atoms with Crippen LogP contribution in [0, 0.1) is 0 Å². The average molecular weight is 346 g/mol. The summed E-state index contributed by atoms with van der Waals surface area (Å²) < 4.78 is 28.0. The summed E-state index contributed by atoms with van der Waals surface area (Å²) in [6.45, 7) is 2.00. The molecule has 0 aliphatic rings. The van der Waals surface area contributed by atoms with Crippen LogP contribution in [0.5, 0.6) is 0 Å². The second-order valence-corrected chi connectivity index (χ2v) is 7.68. The predicted octanol–water partition coefficient (Wildman–Crippen LogP) is 3.87. The smallest absolute Gasteiger partial charge is 0.271 e. The summed E-state index contributed by atoms with van der Waals surface area (Å²) in [6.07, 6.45) is 0.846. The fraction of sp³-hybridized carbons (Fsp3) is 0.167. The Hall–Kier alpha value is -0.850. The van der Waals surface area contributed by atoms with E-state index in [1.54, 1.807) is 30.3 Å². The third-order valence-corrected chi connectivity index (χ3v) is 5.98. The average Bonchev–Trinajstić information content (AvgIpc) is 2.81. The highest BCUT2D eigenvalue weighted by Crippen LogP contribution is 2.24. The zero-order valence-corrected chi connectivity index (χ0v) is 12.9. The summed E-state index contributed by atoms with van der Waals surface area (Å²) >= 11 is 4.61. The van der Waals surface area contributed by atoms with Crippen molar-refractivity contribution in [3.8, 4) is 0 Å². The van der Waals surface area contributed by atoms with Crippen LogP contribution in [0.3, 0.4) is 0 Å². The van der Waals surface area contributed by atoms with Gasteiger partial charge in [0.25, 0.3) is 10.0 Å². The van der Waals surface area contributed by atoms with Crippen molar-refractivity contribution in [2.24, 2.45) is 0 Å². The Balaban J connectivity index is 2.24. The summed E-state index contributed by atoms with van der Waals surface area (Å²) in [5.41, 5.74) is 0.560. The Morgan fingerprint density at radius 2 is 1.83 bits per heavy atom. The number of anilines is 1. The molecular weight excluding hydrogens is 334 g/mol. The largest absolute Gasteiger partial charge is 0.279 e. The zero-order chi connectivity index (χ0) is 13.2. The minimum Gasteiger partial charge on any atom is -0.279 e. The minimum absolute atomic E-state index is 0.349. The number of aryl methyl sites for hydroxylation is 1. The van der Waals surface area contributed by atoms with Crippen molar-refractivity contribution in [2.45, 2.75) is 17.6 Å². The topological polar surface area (TPSA) is 46.2 Å². The molecule has 6 heteroatoms. The second kappa shape index (κ2) is 5.42. The molecule has 0 aliphatic heterocycles. The van der Waals surface area contributed by atoms with Crippen LogP contribution in [0.15, 0.2) is 45.1 Å². The van der Waals surface area contributed by atoms with Gasteiger partial charge in [-0.05, 0) is 42.8 Å². The van der Waals surface area contributed by atoms with Gasteiger partial charge in [0.05, 0.1) is 0 Å². The van der Waals surface area contributed by atoms with Crippen LogP contribution in [0.25, 0.3) is 0 Å². The third-order valence-electron chi connectivity index (χ3n) is 2.35. The van der Waals surface area contributed by atoms with Gasteiger partial charge in [0.15, 0.2) is 0 Å². The molecule has 0 bridgehead atoms. The van der Waals surface area contributed by atoms with Crippen LogP contribution in [-0.2, 0) is 16.4 Å². The van der Waals surface area contributed by atoms with E-state index in [4.69, 9.17) is 0 Å². The molecule has 0 atom stereocenters. The van der Waals surface area contributed by atoms with Gasteiger partial charge in [0.2, 0.25) is 0 Å². The molecule has 0 saturated heterocycles. The van der Waals surface area contributed by atoms with Gasteiger partial charge in [-0.2, -0.15) is 0 Å². The highest BCUT2D eigenvalue weighted by molar-refractivity contribution is 9.10. The van der Waals surface area contributed by atoms with Gasteiger partial charge in [-0.3, -0.25) is 4.72 Å². The zero-order valence-electron chi connectivity index (χ0n) is 9.68. The Labute approximate surface area is 119 Å². The molecule has 0 fully saturated rings. The van der Waals surface area contributed by atoms with Crippen LogP contribution in [0.1, 0.15) is 11.8 Å². The lowest BCUT2D eigenvalue weighted by molar-refractivity contribution is 0.603. The lowest BCUT2D eigenvalue weighted by Gasteiger charge is -2.05. The Kier molecular flexibility index (Phi) is 4.09. The maximum absolute atomic E-state index is 12.1. The number of benzene rings is 1. The van der Waals surface area contributed by atoms with Gasteiger partial charge < -0.3 is 0 Å². The minimum atomic E-state index is -3.46. The van der Waals surface area contributed by atoms with Gasteiger partial charge in [-0.15, -0.1) is 11.3 Å². The van der Waals surface area contributed by atoms with Crippen molar-refractivity contribution in [1.29, 1.82) is 0 Å². The number of hydrogen-bond donors (Lipinski definition) is 1. The molecule has 3 nitrogen and oxygen atoms in total. The van der Waals surface area contributed by atoms with Crippen molar-refractivity contribution in [1.82, 2.24) is 0 Å². The third kappa shape index (κ3) is 3.13. The summed E-state index contributed by atoms with van der Waals surface area (Å²) in [6, 6.07) is 10.5. The summed E-state index contributed by atoms with van der Waals surface area (Å²) in [5, 5.41) is 0. The van der Waals surface area contributed by atoms with Gasteiger partial charge in [-0.25, -0.2) is 8.42 Å². The highest BCUT2D eigenvalue weighted by atomic mass is 79.9. The molecule has 2 aromatic rings. The van der Waals surface area contributed by atoms with Crippen molar-refractivity contribution in [3.05, 3.63) is 45.7 Å². The van der Waals surface area contributed by atoms with Gasteiger partial charge in [0, 0.05) is 15.0 Å². The maximum atomic E-state index is 12.1. The maximum Gasteiger partial charge on any atom is 0.271 e. The lowest BCUT2D eigenvalue weighted by Crippen LogP contribution is -2.11. The van der Waals surface area contributed by atoms with Crippen LogP contribution in [-0.4, -0.2) is 8.42 Å². The molecule has 18 heavy (non-hydrogen) atoms. The molecule has 2 rings (SSSR count). The van der Waals surface area contributed by atoms with Crippen molar-refractivity contribution in [3.63, 3.8) is 0 Å². The molecule has 1 aromatic carbocycles. The molecule has 0 spiro atoms. The van der Waals surface area contributed by atoms with E-state index < -0.39 is 10.0 Å². The Morgan fingerprint density at radius 1 is 1.17 bits per heavy atom. The summed E-state index contributed by atoms with van der Waals surface area (Å²) in [7, 11) is -3.46. The first kappa shape index (κ1) is 13.6. The first-order valence-corrected chi connectivity index (χ1v) is 8.47. The summed E-state index contributed by atoms with van der Waals surface area (Å²) in [4.78, 5) is 1.06. The second-order valence-electron chi connectivity index (χ2n) is 3.69. The number of rotatable bonds is 4. The van der Waals surface area contributed by atoms with Gasteiger partial charge >= 0.3 is 0 Å². The van der Waals surface area contributed by atoms with E-state index in [1.165, 1.54) is 11.3 Å². The molecule has 1 heterocycles. The standard InChI is InChI=1S/C12H12BrNO2S2/c1-2-11-7-8-12(17-11)18(15,16)14-10-5-3-9(13)4-6-10/h3-8,14H,2H2,1H3. The Morgan fingerprint density at radius 3 is 2.39 bits per heavy atom. The van der Waals surface area contributed by atoms with Crippen molar-refractivity contribution < 1.29 is 8.42 Å². The molecule has 96 valence electrons. The molecule has 0 saturated carbocycles. The Bertz CT molecular complexity index is 632.